The smallest absolute Gasteiger partial charge is 0.151 e. The fourth-order valence-corrected chi connectivity index (χ4v) is 3.50. The predicted molar refractivity (Wildman–Crippen MR) is 87.5 cm³/mol. The molecule has 3 heterocycles. The maximum absolute atomic E-state index is 5.26. The molecule has 0 atom stereocenters. The van der Waals surface area contributed by atoms with Gasteiger partial charge in [0.2, 0.25) is 0 Å². The maximum atomic E-state index is 5.26. The summed E-state index contributed by atoms with van der Waals surface area (Å²) in [7, 11) is 2.17. The van der Waals surface area contributed by atoms with Gasteiger partial charge in [-0.05, 0) is 51.8 Å². The average molecular weight is 313 g/mol. The van der Waals surface area contributed by atoms with Gasteiger partial charge in [-0.25, -0.2) is 0 Å². The first-order chi connectivity index (χ1) is 11.1. The first-order valence-electron chi connectivity index (χ1n) is 8.34. The van der Waals surface area contributed by atoms with E-state index in [1.54, 1.807) is 0 Å². The molecule has 2 aromatic heterocycles. The van der Waals surface area contributed by atoms with Crippen LogP contribution in [0.25, 0.3) is 0 Å². The van der Waals surface area contributed by atoms with Crippen LogP contribution in [0.2, 0.25) is 0 Å². The Morgan fingerprint density at radius 3 is 2.83 bits per heavy atom. The molecular formula is C17H23N5O. The van der Waals surface area contributed by atoms with Gasteiger partial charge in [-0.15, -0.1) is 5.10 Å². The lowest BCUT2D eigenvalue weighted by Gasteiger charge is -2.44. The Morgan fingerprint density at radius 2 is 2.09 bits per heavy atom. The normalized spacial score (nSPS) is 17.7. The molecule has 2 aliphatic rings. The van der Waals surface area contributed by atoms with E-state index in [1.807, 2.05) is 13.8 Å². The minimum atomic E-state index is 0.541. The van der Waals surface area contributed by atoms with Gasteiger partial charge in [0.05, 0.1) is 11.4 Å². The largest absolute Gasteiger partial charge is 0.361 e. The van der Waals surface area contributed by atoms with Gasteiger partial charge in [-0.2, -0.15) is 5.10 Å². The van der Waals surface area contributed by atoms with E-state index in [-0.39, 0.29) is 0 Å². The standard InChI is InChI=1S/C17H23N5O/c1-11-15(12(2)23-20-11)10-21(3)14-8-22(9-14)17-7-13-5-4-6-16(13)18-19-17/h7,14H,4-6,8-10H2,1-3H3. The Balaban J connectivity index is 1.37. The predicted octanol–water partition coefficient (Wildman–Crippen LogP) is 1.89. The molecule has 122 valence electrons. The van der Waals surface area contributed by atoms with Gasteiger partial charge in [0.1, 0.15) is 5.76 Å². The van der Waals surface area contributed by atoms with Crippen molar-refractivity contribution in [3.63, 3.8) is 0 Å². The molecule has 0 saturated carbocycles. The molecule has 1 fully saturated rings. The lowest BCUT2D eigenvalue weighted by atomic mass is 10.1. The Kier molecular flexibility index (Phi) is 3.56. The zero-order chi connectivity index (χ0) is 16.0. The number of nitrogens with zero attached hydrogens (tertiary/aromatic N) is 5. The summed E-state index contributed by atoms with van der Waals surface area (Å²) in [4.78, 5) is 4.70. The molecule has 1 aliphatic heterocycles. The van der Waals surface area contributed by atoms with Crippen LogP contribution in [0.5, 0.6) is 0 Å². The van der Waals surface area contributed by atoms with Crippen LogP contribution in [-0.4, -0.2) is 46.4 Å². The summed E-state index contributed by atoms with van der Waals surface area (Å²) in [5.41, 5.74) is 4.79. The number of hydrogen-bond donors (Lipinski definition) is 0. The van der Waals surface area contributed by atoms with Gasteiger partial charge < -0.3 is 9.42 Å². The second-order valence-electron chi connectivity index (χ2n) is 6.80. The van der Waals surface area contributed by atoms with Crippen molar-refractivity contribution >= 4 is 5.82 Å². The zero-order valence-corrected chi connectivity index (χ0v) is 14.0. The molecule has 0 spiro atoms. The van der Waals surface area contributed by atoms with E-state index in [1.165, 1.54) is 23.2 Å². The highest BCUT2D eigenvalue weighted by Gasteiger charge is 2.32. The van der Waals surface area contributed by atoms with Gasteiger partial charge >= 0.3 is 0 Å². The average Bonchev–Trinajstić information content (AvgIpc) is 3.07. The molecule has 0 N–H and O–H groups in total. The van der Waals surface area contributed by atoms with Crippen LogP contribution in [0.3, 0.4) is 0 Å². The second-order valence-corrected chi connectivity index (χ2v) is 6.80. The van der Waals surface area contributed by atoms with E-state index in [9.17, 15) is 0 Å². The van der Waals surface area contributed by atoms with E-state index in [4.69, 9.17) is 4.52 Å². The van der Waals surface area contributed by atoms with Crippen molar-refractivity contribution in [3.8, 4) is 0 Å². The Labute approximate surface area is 136 Å². The van der Waals surface area contributed by atoms with Crippen molar-refractivity contribution in [2.75, 3.05) is 25.0 Å². The molecule has 1 saturated heterocycles. The van der Waals surface area contributed by atoms with Gasteiger partial charge in [0.25, 0.3) is 0 Å². The van der Waals surface area contributed by atoms with Crippen LogP contribution in [0.1, 0.15) is 34.7 Å². The summed E-state index contributed by atoms with van der Waals surface area (Å²) >= 11 is 0. The van der Waals surface area contributed by atoms with E-state index in [0.717, 1.165) is 49.7 Å². The van der Waals surface area contributed by atoms with Crippen LogP contribution in [-0.2, 0) is 19.4 Å². The Morgan fingerprint density at radius 1 is 1.26 bits per heavy atom. The van der Waals surface area contributed by atoms with Crippen molar-refractivity contribution in [1.82, 2.24) is 20.3 Å². The molecule has 6 nitrogen and oxygen atoms in total. The first kappa shape index (κ1) is 14.6. The molecule has 0 amide bonds. The molecule has 1 aliphatic carbocycles. The highest BCUT2D eigenvalue weighted by Crippen LogP contribution is 2.27. The number of likely N-dealkylation sites (N-methyl/N-ethyl adjacent to an activating group) is 1. The zero-order valence-electron chi connectivity index (χ0n) is 14.0. The minimum absolute atomic E-state index is 0.541. The van der Waals surface area contributed by atoms with E-state index in [0.29, 0.717) is 6.04 Å². The molecule has 0 radical (unpaired) electrons. The summed E-state index contributed by atoms with van der Waals surface area (Å²) in [6, 6.07) is 2.78. The highest BCUT2D eigenvalue weighted by molar-refractivity contribution is 5.45. The van der Waals surface area contributed by atoms with E-state index >= 15 is 0 Å². The topological polar surface area (TPSA) is 58.3 Å². The molecule has 6 heteroatoms. The van der Waals surface area contributed by atoms with Crippen molar-refractivity contribution in [2.45, 2.75) is 45.7 Å². The third-order valence-corrected chi connectivity index (χ3v) is 5.21. The minimum Gasteiger partial charge on any atom is -0.361 e. The van der Waals surface area contributed by atoms with Crippen LogP contribution in [0, 0.1) is 13.8 Å². The van der Waals surface area contributed by atoms with E-state index < -0.39 is 0 Å². The highest BCUT2D eigenvalue weighted by atomic mass is 16.5. The number of fused-ring (bicyclic) bond motifs is 1. The third-order valence-electron chi connectivity index (χ3n) is 5.21. The van der Waals surface area contributed by atoms with Gasteiger partial charge in [0, 0.05) is 31.2 Å². The van der Waals surface area contributed by atoms with Crippen molar-refractivity contribution in [1.29, 1.82) is 0 Å². The van der Waals surface area contributed by atoms with Crippen molar-refractivity contribution < 1.29 is 4.52 Å². The summed E-state index contributed by atoms with van der Waals surface area (Å²) < 4.78 is 5.26. The Hall–Kier alpha value is -1.95. The second kappa shape index (κ2) is 5.60. The quantitative estimate of drug-likeness (QED) is 0.859. The number of aromatic nitrogens is 3. The van der Waals surface area contributed by atoms with Crippen LogP contribution >= 0.6 is 0 Å². The SMILES string of the molecule is Cc1noc(C)c1CN(C)C1CN(c2cc3c(nn2)CCC3)C1. The molecule has 0 aromatic carbocycles. The number of rotatable bonds is 4. The number of aryl methyl sites for hydroxylation is 4. The fourth-order valence-electron chi connectivity index (χ4n) is 3.50. The van der Waals surface area contributed by atoms with E-state index in [2.05, 4.69) is 38.3 Å². The molecular weight excluding hydrogens is 290 g/mol. The number of hydrogen-bond acceptors (Lipinski definition) is 6. The molecule has 0 unspecified atom stereocenters. The van der Waals surface area contributed by atoms with Gasteiger partial charge in [0.15, 0.2) is 5.82 Å². The summed E-state index contributed by atoms with van der Waals surface area (Å²) in [6.07, 6.45) is 3.46. The lowest BCUT2D eigenvalue weighted by molar-refractivity contribution is 0.195. The monoisotopic (exact) mass is 313 g/mol. The van der Waals surface area contributed by atoms with Crippen molar-refractivity contribution in [3.05, 3.63) is 34.3 Å². The molecule has 0 bridgehead atoms. The molecule has 4 rings (SSSR count). The first-order valence-corrected chi connectivity index (χ1v) is 8.34. The van der Waals surface area contributed by atoms with Gasteiger partial charge in [-0.1, -0.05) is 5.16 Å². The summed E-state index contributed by atoms with van der Waals surface area (Å²) in [6.45, 7) is 6.89. The summed E-state index contributed by atoms with van der Waals surface area (Å²) in [5.74, 6) is 1.96. The molecule has 23 heavy (non-hydrogen) atoms. The number of anilines is 1. The van der Waals surface area contributed by atoms with Crippen molar-refractivity contribution in [2.24, 2.45) is 0 Å². The summed E-state index contributed by atoms with van der Waals surface area (Å²) in [5, 5.41) is 12.8. The molecule has 2 aromatic rings. The van der Waals surface area contributed by atoms with Gasteiger partial charge in [-0.3, -0.25) is 4.90 Å². The van der Waals surface area contributed by atoms with Crippen LogP contribution < -0.4 is 4.90 Å². The third kappa shape index (κ3) is 2.61. The lowest BCUT2D eigenvalue weighted by Crippen LogP contribution is -2.58. The fraction of sp³-hybridized carbons (Fsp3) is 0.588. The maximum Gasteiger partial charge on any atom is 0.151 e. The Bertz CT molecular complexity index is 700. The van der Waals surface area contributed by atoms with Crippen LogP contribution in [0.15, 0.2) is 10.6 Å². The van der Waals surface area contributed by atoms with Crippen LogP contribution in [0.4, 0.5) is 5.82 Å².